The summed E-state index contributed by atoms with van der Waals surface area (Å²) in [6, 6.07) is 3.81. The first kappa shape index (κ1) is 15.0. The number of rotatable bonds is 1. The van der Waals surface area contributed by atoms with Crippen molar-refractivity contribution in [3.8, 4) is 12.3 Å². The number of aromatic nitrogens is 1. The number of hydrogen-bond acceptors (Lipinski definition) is 3. The molecular weight excluding hydrogens is 245 g/mol. The predicted octanol–water partition coefficient (Wildman–Crippen LogP) is 1.32. The van der Waals surface area contributed by atoms with E-state index in [4.69, 9.17) is 6.42 Å². The highest BCUT2D eigenvalue weighted by molar-refractivity contribution is 5.85. The molecule has 0 saturated carbocycles. The van der Waals surface area contributed by atoms with E-state index in [0.29, 0.717) is 0 Å². The van der Waals surface area contributed by atoms with Crippen LogP contribution in [-0.4, -0.2) is 31.2 Å². The van der Waals surface area contributed by atoms with Gasteiger partial charge in [0.15, 0.2) is 0 Å². The van der Waals surface area contributed by atoms with Gasteiger partial charge in [-0.1, -0.05) is 5.92 Å². The summed E-state index contributed by atoms with van der Waals surface area (Å²) in [4.78, 5) is 6.56. The summed E-state index contributed by atoms with van der Waals surface area (Å²) in [7, 11) is 0. The molecule has 2 rings (SSSR count). The van der Waals surface area contributed by atoms with E-state index in [2.05, 4.69) is 21.1 Å². The Morgan fingerprint density at radius 2 is 2.00 bits per heavy atom. The topological polar surface area (TPSA) is 28.2 Å². The van der Waals surface area contributed by atoms with Crippen LogP contribution in [0.25, 0.3) is 0 Å². The molecule has 1 fully saturated rings. The Morgan fingerprint density at radius 3 is 2.62 bits per heavy atom. The number of anilines is 1. The zero-order valence-electron chi connectivity index (χ0n) is 8.85. The van der Waals surface area contributed by atoms with Crippen LogP contribution >= 0.6 is 24.8 Å². The summed E-state index contributed by atoms with van der Waals surface area (Å²) in [6.45, 7) is 3.96. The summed E-state index contributed by atoms with van der Waals surface area (Å²) in [5.74, 6) is 3.61. The maximum atomic E-state index is 5.43. The molecule has 0 aromatic carbocycles. The number of pyridine rings is 1. The van der Waals surface area contributed by atoms with Crippen LogP contribution in [0.4, 0.5) is 5.82 Å². The summed E-state index contributed by atoms with van der Waals surface area (Å²) >= 11 is 0. The van der Waals surface area contributed by atoms with Crippen molar-refractivity contribution >= 4 is 30.6 Å². The molecule has 16 heavy (non-hydrogen) atoms. The minimum Gasteiger partial charge on any atom is -0.353 e. The van der Waals surface area contributed by atoms with Crippen LogP contribution in [0.5, 0.6) is 0 Å². The number of terminal acetylenes is 1. The molecule has 0 atom stereocenters. The van der Waals surface area contributed by atoms with Crippen LogP contribution in [0.15, 0.2) is 18.3 Å². The molecule has 1 aromatic rings. The average molecular weight is 260 g/mol. The molecule has 0 aliphatic carbocycles. The molecule has 5 heteroatoms. The van der Waals surface area contributed by atoms with Crippen LogP contribution in [-0.2, 0) is 0 Å². The number of hydrogen-bond donors (Lipinski definition) is 1. The van der Waals surface area contributed by atoms with Gasteiger partial charge < -0.3 is 10.2 Å². The molecule has 0 radical (unpaired) electrons. The number of nitrogens with zero attached hydrogens (tertiary/aromatic N) is 2. The Hall–Kier alpha value is -0.950. The molecule has 0 unspecified atom stereocenters. The van der Waals surface area contributed by atoms with Crippen molar-refractivity contribution in [2.24, 2.45) is 0 Å². The predicted molar refractivity (Wildman–Crippen MR) is 71.8 cm³/mol. The summed E-state index contributed by atoms with van der Waals surface area (Å²) in [5, 5.41) is 3.30. The van der Waals surface area contributed by atoms with Crippen molar-refractivity contribution in [3.63, 3.8) is 0 Å². The molecule has 0 bridgehead atoms. The Balaban J connectivity index is 0.00000112. The van der Waals surface area contributed by atoms with Crippen molar-refractivity contribution in [2.45, 2.75) is 0 Å². The lowest BCUT2D eigenvalue weighted by molar-refractivity contribution is 0.584. The first-order valence-corrected chi connectivity index (χ1v) is 4.79. The van der Waals surface area contributed by atoms with Gasteiger partial charge in [0.25, 0.3) is 0 Å². The van der Waals surface area contributed by atoms with E-state index < -0.39 is 0 Å². The lowest BCUT2D eigenvalue weighted by Crippen LogP contribution is -2.44. The molecule has 1 saturated heterocycles. The highest BCUT2D eigenvalue weighted by atomic mass is 35.5. The molecule has 1 aromatic heterocycles. The summed E-state index contributed by atoms with van der Waals surface area (Å²) in [5.41, 5.74) is 0.884. The van der Waals surface area contributed by atoms with Crippen LogP contribution in [0.1, 0.15) is 5.56 Å². The SMILES string of the molecule is C#Cc1cccnc1N1CCNCC1.Cl.Cl. The third-order valence-electron chi connectivity index (χ3n) is 2.36. The Kier molecular flexibility index (Phi) is 6.91. The van der Waals surface area contributed by atoms with Gasteiger partial charge >= 0.3 is 0 Å². The molecule has 2 heterocycles. The van der Waals surface area contributed by atoms with Gasteiger partial charge in [-0.3, -0.25) is 0 Å². The van der Waals surface area contributed by atoms with E-state index in [9.17, 15) is 0 Å². The number of halogens is 2. The highest BCUT2D eigenvalue weighted by Gasteiger charge is 2.13. The van der Waals surface area contributed by atoms with E-state index in [1.54, 1.807) is 6.20 Å². The van der Waals surface area contributed by atoms with Crippen molar-refractivity contribution in [2.75, 3.05) is 31.1 Å². The Labute approximate surface area is 108 Å². The summed E-state index contributed by atoms with van der Waals surface area (Å²) < 4.78 is 0. The van der Waals surface area contributed by atoms with Crippen LogP contribution in [0.2, 0.25) is 0 Å². The quantitative estimate of drug-likeness (QED) is 0.772. The standard InChI is InChI=1S/C11H13N3.2ClH/c1-2-10-4-3-5-13-11(10)14-8-6-12-7-9-14;;/h1,3-5,12H,6-9H2;2*1H. The fourth-order valence-electron chi connectivity index (χ4n) is 1.64. The molecule has 0 spiro atoms. The van der Waals surface area contributed by atoms with Crippen molar-refractivity contribution in [3.05, 3.63) is 23.9 Å². The van der Waals surface area contributed by atoms with E-state index in [1.165, 1.54) is 0 Å². The summed E-state index contributed by atoms with van der Waals surface area (Å²) in [6.07, 6.45) is 7.21. The van der Waals surface area contributed by atoms with Gasteiger partial charge in [-0.25, -0.2) is 4.98 Å². The van der Waals surface area contributed by atoms with Gasteiger partial charge in [0.05, 0.1) is 5.56 Å². The van der Waals surface area contributed by atoms with Crippen molar-refractivity contribution in [1.82, 2.24) is 10.3 Å². The van der Waals surface area contributed by atoms with Gasteiger partial charge in [-0.05, 0) is 12.1 Å². The van der Waals surface area contributed by atoms with Gasteiger partial charge in [0.1, 0.15) is 5.82 Å². The fraction of sp³-hybridized carbons (Fsp3) is 0.364. The van der Waals surface area contributed by atoms with E-state index in [-0.39, 0.29) is 24.8 Å². The fourth-order valence-corrected chi connectivity index (χ4v) is 1.64. The molecule has 1 aliphatic heterocycles. The van der Waals surface area contributed by atoms with Gasteiger partial charge in [-0.15, -0.1) is 31.2 Å². The zero-order valence-corrected chi connectivity index (χ0v) is 10.5. The lowest BCUT2D eigenvalue weighted by atomic mass is 10.2. The van der Waals surface area contributed by atoms with Crippen molar-refractivity contribution in [1.29, 1.82) is 0 Å². The second kappa shape index (κ2) is 7.34. The second-order valence-electron chi connectivity index (χ2n) is 3.26. The minimum atomic E-state index is 0. The first-order chi connectivity index (χ1) is 6.92. The van der Waals surface area contributed by atoms with Gasteiger partial charge in [0.2, 0.25) is 0 Å². The van der Waals surface area contributed by atoms with Crippen LogP contribution in [0, 0.1) is 12.3 Å². The number of piperazine rings is 1. The maximum Gasteiger partial charge on any atom is 0.144 e. The van der Waals surface area contributed by atoms with Crippen LogP contribution < -0.4 is 10.2 Å². The average Bonchev–Trinajstić information content (AvgIpc) is 2.30. The number of nitrogens with one attached hydrogen (secondary N) is 1. The zero-order chi connectivity index (χ0) is 9.80. The van der Waals surface area contributed by atoms with Crippen LogP contribution in [0.3, 0.4) is 0 Å². The van der Waals surface area contributed by atoms with Gasteiger partial charge in [-0.2, -0.15) is 0 Å². The first-order valence-electron chi connectivity index (χ1n) is 4.79. The van der Waals surface area contributed by atoms with E-state index in [0.717, 1.165) is 37.6 Å². The molecule has 1 aliphatic rings. The monoisotopic (exact) mass is 259 g/mol. The third kappa shape index (κ3) is 3.28. The molecular formula is C11H15Cl2N3. The molecule has 0 amide bonds. The molecule has 88 valence electrons. The maximum absolute atomic E-state index is 5.43. The normalized spacial score (nSPS) is 14.3. The van der Waals surface area contributed by atoms with Crippen molar-refractivity contribution < 1.29 is 0 Å². The smallest absolute Gasteiger partial charge is 0.144 e. The molecule has 1 N–H and O–H groups in total. The third-order valence-corrected chi connectivity index (χ3v) is 2.36. The Bertz CT molecular complexity index is 356. The largest absolute Gasteiger partial charge is 0.353 e. The molecule has 3 nitrogen and oxygen atoms in total. The second-order valence-corrected chi connectivity index (χ2v) is 3.26. The minimum absolute atomic E-state index is 0. The Morgan fingerprint density at radius 1 is 1.31 bits per heavy atom. The lowest BCUT2D eigenvalue weighted by Gasteiger charge is -2.29. The van der Waals surface area contributed by atoms with E-state index >= 15 is 0 Å². The van der Waals surface area contributed by atoms with Gasteiger partial charge in [0, 0.05) is 32.4 Å². The highest BCUT2D eigenvalue weighted by Crippen LogP contribution is 2.15. The van der Waals surface area contributed by atoms with E-state index in [1.807, 2.05) is 12.1 Å².